The van der Waals surface area contributed by atoms with Gasteiger partial charge >= 0.3 is 0 Å². The molecule has 1 amide bonds. The van der Waals surface area contributed by atoms with Crippen LogP contribution in [0.4, 0.5) is 5.69 Å². The number of nitrogens with one attached hydrogen (secondary N) is 2. The van der Waals surface area contributed by atoms with E-state index in [0.717, 1.165) is 5.69 Å². The van der Waals surface area contributed by atoms with E-state index in [1.807, 2.05) is 13.8 Å². The second kappa shape index (κ2) is 6.60. The van der Waals surface area contributed by atoms with Crippen LogP contribution in [0, 0.1) is 0 Å². The average molecular weight is 262 g/mol. The van der Waals surface area contributed by atoms with Gasteiger partial charge in [-0.15, -0.1) is 0 Å². The molecule has 0 fully saturated rings. The van der Waals surface area contributed by atoms with E-state index in [1.54, 1.807) is 0 Å². The Hall–Kier alpha value is -1.51. The molecule has 0 aliphatic heterocycles. The van der Waals surface area contributed by atoms with Crippen LogP contribution in [0.3, 0.4) is 0 Å². The Kier molecular flexibility index (Phi) is 5.40. The number of carbonyl (C=O) groups is 1. The topological polar surface area (TPSA) is 41.1 Å². The van der Waals surface area contributed by atoms with Crippen LogP contribution in [0.2, 0.25) is 0 Å². The third-order valence-corrected chi connectivity index (χ3v) is 2.88. The zero-order valence-electron chi connectivity index (χ0n) is 12.7. The van der Waals surface area contributed by atoms with Gasteiger partial charge in [-0.25, -0.2) is 0 Å². The van der Waals surface area contributed by atoms with Gasteiger partial charge in [0.05, 0.1) is 0 Å². The molecule has 1 aromatic rings. The molecule has 0 saturated carbocycles. The highest BCUT2D eigenvalue weighted by Gasteiger charge is 2.12. The first-order chi connectivity index (χ1) is 8.79. The highest BCUT2D eigenvalue weighted by atomic mass is 16.1. The van der Waals surface area contributed by atoms with Crippen molar-refractivity contribution >= 4 is 11.6 Å². The molecule has 0 unspecified atom stereocenters. The molecule has 0 aromatic heterocycles. The van der Waals surface area contributed by atoms with Gasteiger partial charge in [-0.2, -0.15) is 0 Å². The number of rotatable bonds is 5. The minimum Gasteiger partial charge on any atom is -0.385 e. The fourth-order valence-electron chi connectivity index (χ4n) is 1.80. The smallest absolute Gasteiger partial charge is 0.221 e. The molecule has 0 heterocycles. The summed E-state index contributed by atoms with van der Waals surface area (Å²) in [4.78, 5) is 11.5. The van der Waals surface area contributed by atoms with Crippen molar-refractivity contribution < 1.29 is 4.79 Å². The predicted molar refractivity (Wildman–Crippen MR) is 81.5 cm³/mol. The molecule has 1 rings (SSSR count). The summed E-state index contributed by atoms with van der Waals surface area (Å²) in [5, 5.41) is 6.15. The van der Waals surface area contributed by atoms with Gasteiger partial charge < -0.3 is 10.6 Å². The number of hydrogen-bond donors (Lipinski definition) is 2. The summed E-state index contributed by atoms with van der Waals surface area (Å²) in [5.74, 6) is 0.0915. The zero-order valence-corrected chi connectivity index (χ0v) is 12.7. The predicted octanol–water partition coefficient (Wildman–Crippen LogP) is 3.31. The molecule has 2 N–H and O–H groups in total. The van der Waals surface area contributed by atoms with Crippen LogP contribution in [0.15, 0.2) is 24.3 Å². The van der Waals surface area contributed by atoms with Crippen molar-refractivity contribution in [3.63, 3.8) is 0 Å². The number of anilines is 1. The van der Waals surface area contributed by atoms with Gasteiger partial charge in [0.2, 0.25) is 5.91 Å². The van der Waals surface area contributed by atoms with Crippen LogP contribution in [-0.2, 0) is 10.2 Å². The third kappa shape index (κ3) is 5.77. The van der Waals surface area contributed by atoms with E-state index in [9.17, 15) is 4.79 Å². The second-order valence-electron chi connectivity index (χ2n) is 6.23. The van der Waals surface area contributed by atoms with Gasteiger partial charge in [0.1, 0.15) is 0 Å². The lowest BCUT2D eigenvalue weighted by Crippen LogP contribution is -2.31. The number of amides is 1. The van der Waals surface area contributed by atoms with Crippen molar-refractivity contribution in [1.29, 1.82) is 0 Å². The zero-order chi connectivity index (χ0) is 14.5. The van der Waals surface area contributed by atoms with Crippen molar-refractivity contribution in [3.8, 4) is 0 Å². The number of carbonyl (C=O) groups excluding carboxylic acids is 1. The van der Waals surface area contributed by atoms with Crippen molar-refractivity contribution in [2.24, 2.45) is 0 Å². The quantitative estimate of drug-likeness (QED) is 0.854. The van der Waals surface area contributed by atoms with Crippen LogP contribution in [0.25, 0.3) is 0 Å². The maximum atomic E-state index is 11.5. The Balaban J connectivity index is 2.40. The van der Waals surface area contributed by atoms with Gasteiger partial charge in [-0.05, 0) is 37.0 Å². The average Bonchev–Trinajstić information content (AvgIpc) is 2.27. The van der Waals surface area contributed by atoms with E-state index >= 15 is 0 Å². The Morgan fingerprint density at radius 3 is 2.21 bits per heavy atom. The molecular weight excluding hydrogens is 236 g/mol. The van der Waals surface area contributed by atoms with Crippen molar-refractivity contribution in [1.82, 2.24) is 5.32 Å². The molecule has 0 spiro atoms. The summed E-state index contributed by atoms with van der Waals surface area (Å²) in [6, 6.07) is 8.62. The third-order valence-electron chi connectivity index (χ3n) is 2.88. The monoisotopic (exact) mass is 262 g/mol. The van der Waals surface area contributed by atoms with Crippen molar-refractivity contribution in [2.45, 2.75) is 52.5 Å². The number of benzene rings is 1. The van der Waals surface area contributed by atoms with Crippen LogP contribution < -0.4 is 10.6 Å². The van der Waals surface area contributed by atoms with E-state index in [-0.39, 0.29) is 17.4 Å². The first-order valence-electron chi connectivity index (χ1n) is 6.93. The molecule has 0 radical (unpaired) electrons. The Morgan fingerprint density at radius 2 is 1.74 bits per heavy atom. The minimum atomic E-state index is 0.0915. The normalized spacial score (nSPS) is 11.5. The fourth-order valence-corrected chi connectivity index (χ4v) is 1.80. The van der Waals surface area contributed by atoms with Gasteiger partial charge in [-0.1, -0.05) is 32.9 Å². The van der Waals surface area contributed by atoms with E-state index in [1.165, 1.54) is 5.56 Å². The Labute approximate surface area is 116 Å². The maximum absolute atomic E-state index is 11.5. The van der Waals surface area contributed by atoms with E-state index in [4.69, 9.17) is 0 Å². The van der Waals surface area contributed by atoms with Gasteiger partial charge in [-0.3, -0.25) is 4.79 Å². The summed E-state index contributed by atoms with van der Waals surface area (Å²) < 4.78 is 0. The van der Waals surface area contributed by atoms with Gasteiger partial charge in [0.25, 0.3) is 0 Å². The Bertz CT molecular complexity index is 402. The maximum Gasteiger partial charge on any atom is 0.221 e. The highest BCUT2D eigenvalue weighted by Crippen LogP contribution is 2.23. The lowest BCUT2D eigenvalue weighted by Gasteiger charge is -2.19. The molecule has 0 bridgehead atoms. The highest BCUT2D eigenvalue weighted by molar-refractivity contribution is 5.76. The molecule has 3 nitrogen and oxygen atoms in total. The van der Waals surface area contributed by atoms with Gasteiger partial charge in [0.15, 0.2) is 0 Å². The summed E-state index contributed by atoms with van der Waals surface area (Å²) in [6.07, 6.45) is 0.499. The molecule has 1 aromatic carbocycles. The minimum absolute atomic E-state index is 0.0915. The summed E-state index contributed by atoms with van der Waals surface area (Å²) in [5.41, 5.74) is 2.55. The van der Waals surface area contributed by atoms with Crippen LogP contribution in [-0.4, -0.2) is 18.5 Å². The molecule has 106 valence electrons. The molecule has 3 heteroatoms. The van der Waals surface area contributed by atoms with Crippen LogP contribution in [0.1, 0.15) is 46.6 Å². The molecule has 0 atom stereocenters. The number of hydrogen-bond acceptors (Lipinski definition) is 2. The molecule has 0 aliphatic carbocycles. The summed E-state index contributed by atoms with van der Waals surface area (Å²) in [6.45, 7) is 11.2. The fraction of sp³-hybridized carbons (Fsp3) is 0.562. The largest absolute Gasteiger partial charge is 0.385 e. The summed E-state index contributed by atoms with van der Waals surface area (Å²) in [7, 11) is 0. The van der Waals surface area contributed by atoms with E-state index in [0.29, 0.717) is 13.0 Å². The molecule has 0 aliphatic rings. The standard InChI is InChI=1S/C16H26N2O/c1-12(2)18-15(19)10-11-17-14-8-6-13(7-9-14)16(3,4)5/h6-9,12,17H,10-11H2,1-5H3,(H,18,19). The SMILES string of the molecule is CC(C)NC(=O)CCNc1ccc(C(C)(C)C)cc1. The van der Waals surface area contributed by atoms with Crippen molar-refractivity contribution in [3.05, 3.63) is 29.8 Å². The lowest BCUT2D eigenvalue weighted by atomic mass is 9.87. The van der Waals surface area contributed by atoms with Crippen LogP contribution in [0.5, 0.6) is 0 Å². The van der Waals surface area contributed by atoms with Gasteiger partial charge in [0, 0.05) is 24.7 Å². The van der Waals surface area contributed by atoms with E-state index in [2.05, 4.69) is 55.7 Å². The molecule has 0 saturated heterocycles. The summed E-state index contributed by atoms with van der Waals surface area (Å²) >= 11 is 0. The van der Waals surface area contributed by atoms with Crippen molar-refractivity contribution in [2.75, 3.05) is 11.9 Å². The van der Waals surface area contributed by atoms with E-state index < -0.39 is 0 Å². The molecular formula is C16H26N2O. The second-order valence-corrected chi connectivity index (χ2v) is 6.23. The Morgan fingerprint density at radius 1 is 1.16 bits per heavy atom. The molecule has 19 heavy (non-hydrogen) atoms. The van der Waals surface area contributed by atoms with Crippen LogP contribution >= 0.6 is 0 Å². The first kappa shape index (κ1) is 15.5. The lowest BCUT2D eigenvalue weighted by molar-refractivity contribution is -0.121. The first-order valence-corrected chi connectivity index (χ1v) is 6.93.